The second-order valence-corrected chi connectivity index (χ2v) is 3.89. The van der Waals surface area contributed by atoms with Crippen molar-refractivity contribution in [3.05, 3.63) is 37.0 Å². The lowest BCUT2D eigenvalue weighted by atomic mass is 10.4. The summed E-state index contributed by atoms with van der Waals surface area (Å²) in [4.78, 5) is 1.06. The van der Waals surface area contributed by atoms with Crippen LogP contribution in [0.15, 0.2) is 29.2 Å². The minimum Gasteiger partial charge on any atom is -0.207 e. The summed E-state index contributed by atoms with van der Waals surface area (Å²) >= 11 is 1.63. The lowest BCUT2D eigenvalue weighted by Gasteiger charge is -2.02. The molecular formula is C9H10FS. The molecule has 0 aliphatic rings. The van der Waals surface area contributed by atoms with E-state index < -0.39 is 0 Å². The van der Waals surface area contributed by atoms with E-state index >= 15 is 0 Å². The van der Waals surface area contributed by atoms with E-state index in [-0.39, 0.29) is 5.82 Å². The molecule has 0 aromatic heterocycles. The number of hydrogen-bond acceptors (Lipinski definition) is 1. The Kier molecular flexibility index (Phi) is 2.94. The highest BCUT2D eigenvalue weighted by atomic mass is 32.2. The molecule has 0 spiro atoms. The molecule has 1 radical (unpaired) electrons. The molecule has 1 aromatic carbocycles. The quantitative estimate of drug-likeness (QED) is 0.613. The fourth-order valence-electron chi connectivity index (χ4n) is 0.745. The molecule has 1 atom stereocenters. The van der Waals surface area contributed by atoms with Crippen molar-refractivity contribution in [2.45, 2.75) is 17.1 Å². The molecule has 1 rings (SSSR count). The third kappa shape index (κ3) is 2.93. The highest BCUT2D eigenvalue weighted by Crippen LogP contribution is 2.22. The van der Waals surface area contributed by atoms with Crippen LogP contribution in [0.2, 0.25) is 0 Å². The second-order valence-electron chi connectivity index (χ2n) is 2.38. The molecule has 0 saturated heterocycles. The first-order valence-electron chi connectivity index (χ1n) is 3.44. The Morgan fingerprint density at radius 3 is 2.36 bits per heavy atom. The molecule has 0 heterocycles. The van der Waals surface area contributed by atoms with E-state index in [1.807, 2.05) is 6.92 Å². The smallest absolute Gasteiger partial charge is 0.123 e. The summed E-state index contributed by atoms with van der Waals surface area (Å²) in [6.45, 7) is 5.83. The van der Waals surface area contributed by atoms with Crippen LogP contribution in [0.4, 0.5) is 4.39 Å². The summed E-state index contributed by atoms with van der Waals surface area (Å²) in [5.74, 6) is -0.189. The van der Waals surface area contributed by atoms with Crippen LogP contribution in [0.5, 0.6) is 0 Å². The maximum Gasteiger partial charge on any atom is 0.123 e. The fraction of sp³-hybridized carbons (Fsp3) is 0.222. The van der Waals surface area contributed by atoms with Gasteiger partial charge in [0.15, 0.2) is 0 Å². The first-order valence-corrected chi connectivity index (χ1v) is 4.32. The van der Waals surface area contributed by atoms with E-state index in [1.165, 1.54) is 12.1 Å². The van der Waals surface area contributed by atoms with Gasteiger partial charge in [-0.25, -0.2) is 4.39 Å². The van der Waals surface area contributed by atoms with Gasteiger partial charge in [0, 0.05) is 10.1 Å². The zero-order chi connectivity index (χ0) is 8.27. The summed E-state index contributed by atoms with van der Waals surface area (Å²) in [6, 6.07) is 6.46. The van der Waals surface area contributed by atoms with E-state index in [9.17, 15) is 4.39 Å². The molecule has 1 unspecified atom stereocenters. The Morgan fingerprint density at radius 2 is 1.91 bits per heavy atom. The number of halogens is 1. The molecule has 0 fully saturated rings. The first-order chi connectivity index (χ1) is 5.18. The van der Waals surface area contributed by atoms with Gasteiger partial charge in [-0.1, -0.05) is 6.92 Å². The Bertz CT molecular complexity index is 216. The number of rotatable bonds is 2. The summed E-state index contributed by atoms with van der Waals surface area (Å²) < 4.78 is 12.4. The molecule has 0 aliphatic heterocycles. The van der Waals surface area contributed by atoms with Crippen molar-refractivity contribution in [2.24, 2.45) is 0 Å². The highest BCUT2D eigenvalue weighted by Gasteiger charge is 1.97. The minimum atomic E-state index is -0.189. The van der Waals surface area contributed by atoms with Crippen LogP contribution in [0.3, 0.4) is 0 Å². The molecule has 1 aromatic rings. The van der Waals surface area contributed by atoms with Gasteiger partial charge in [0.2, 0.25) is 0 Å². The van der Waals surface area contributed by atoms with Crippen LogP contribution in [-0.4, -0.2) is 5.25 Å². The van der Waals surface area contributed by atoms with Crippen LogP contribution >= 0.6 is 11.8 Å². The van der Waals surface area contributed by atoms with Gasteiger partial charge in [-0.05, 0) is 31.2 Å². The number of hydrogen-bond donors (Lipinski definition) is 0. The maximum absolute atomic E-state index is 12.4. The molecule has 0 N–H and O–H groups in total. The van der Waals surface area contributed by atoms with Crippen LogP contribution in [0, 0.1) is 12.7 Å². The van der Waals surface area contributed by atoms with Gasteiger partial charge in [-0.15, -0.1) is 11.8 Å². The van der Waals surface area contributed by atoms with Crippen molar-refractivity contribution >= 4 is 11.8 Å². The molecule has 0 nitrogen and oxygen atoms in total. The Hall–Kier alpha value is -0.500. The largest absolute Gasteiger partial charge is 0.207 e. The van der Waals surface area contributed by atoms with E-state index in [2.05, 4.69) is 6.92 Å². The molecular weight excluding hydrogens is 159 g/mol. The van der Waals surface area contributed by atoms with E-state index in [1.54, 1.807) is 23.9 Å². The van der Waals surface area contributed by atoms with Gasteiger partial charge >= 0.3 is 0 Å². The number of benzene rings is 1. The predicted molar refractivity (Wildman–Crippen MR) is 47.1 cm³/mol. The van der Waals surface area contributed by atoms with Crippen LogP contribution in [0.1, 0.15) is 6.92 Å². The predicted octanol–water partition coefficient (Wildman–Crippen LogP) is 3.14. The van der Waals surface area contributed by atoms with Gasteiger partial charge in [0.25, 0.3) is 0 Å². The van der Waals surface area contributed by atoms with Gasteiger partial charge in [-0.3, -0.25) is 0 Å². The standard InChI is InChI=1S/C9H10FS/c1-7(2)11-9-5-3-8(10)4-6-9/h3-7H,1H2,2H3. The molecule has 11 heavy (non-hydrogen) atoms. The molecule has 2 heteroatoms. The van der Waals surface area contributed by atoms with Crippen LogP contribution in [-0.2, 0) is 0 Å². The first kappa shape index (κ1) is 8.60. The normalized spacial score (nSPS) is 10.5. The summed E-state index contributed by atoms with van der Waals surface area (Å²) in [7, 11) is 0. The third-order valence-electron chi connectivity index (χ3n) is 1.15. The van der Waals surface area contributed by atoms with Gasteiger partial charge in [0.05, 0.1) is 0 Å². The Labute approximate surface area is 70.8 Å². The average molecular weight is 169 g/mol. The number of thioether (sulfide) groups is 1. The molecule has 0 bridgehead atoms. The molecule has 0 amide bonds. The topological polar surface area (TPSA) is 0 Å². The lowest BCUT2D eigenvalue weighted by molar-refractivity contribution is 0.626. The van der Waals surface area contributed by atoms with Gasteiger partial charge < -0.3 is 0 Å². The summed E-state index contributed by atoms with van der Waals surface area (Å²) in [6.07, 6.45) is 0. The zero-order valence-electron chi connectivity index (χ0n) is 6.38. The van der Waals surface area contributed by atoms with Crippen molar-refractivity contribution < 1.29 is 4.39 Å². The molecule has 0 saturated carbocycles. The fourth-order valence-corrected chi connectivity index (χ4v) is 1.50. The van der Waals surface area contributed by atoms with Crippen molar-refractivity contribution in [2.75, 3.05) is 0 Å². The van der Waals surface area contributed by atoms with E-state index in [0.29, 0.717) is 5.25 Å². The van der Waals surface area contributed by atoms with Crippen molar-refractivity contribution in [3.8, 4) is 0 Å². The highest BCUT2D eigenvalue weighted by molar-refractivity contribution is 8.00. The van der Waals surface area contributed by atoms with Crippen molar-refractivity contribution in [1.82, 2.24) is 0 Å². The van der Waals surface area contributed by atoms with E-state index in [0.717, 1.165) is 4.90 Å². The van der Waals surface area contributed by atoms with Crippen molar-refractivity contribution in [1.29, 1.82) is 0 Å². The second kappa shape index (κ2) is 3.77. The van der Waals surface area contributed by atoms with Crippen molar-refractivity contribution in [3.63, 3.8) is 0 Å². The molecule has 59 valence electrons. The summed E-state index contributed by atoms with van der Waals surface area (Å²) in [5, 5.41) is 0.306. The Balaban J connectivity index is 2.66. The van der Waals surface area contributed by atoms with Crippen LogP contribution < -0.4 is 0 Å². The maximum atomic E-state index is 12.4. The van der Waals surface area contributed by atoms with Gasteiger partial charge in [0.1, 0.15) is 5.82 Å². The Morgan fingerprint density at radius 1 is 1.36 bits per heavy atom. The average Bonchev–Trinajstić information content (AvgIpc) is 1.93. The van der Waals surface area contributed by atoms with Gasteiger partial charge in [-0.2, -0.15) is 0 Å². The third-order valence-corrected chi connectivity index (χ3v) is 2.10. The van der Waals surface area contributed by atoms with E-state index in [4.69, 9.17) is 0 Å². The van der Waals surface area contributed by atoms with Crippen LogP contribution in [0.25, 0.3) is 0 Å². The summed E-state index contributed by atoms with van der Waals surface area (Å²) in [5.41, 5.74) is 0. The monoisotopic (exact) mass is 169 g/mol. The SMILES string of the molecule is [CH2]C(C)Sc1ccc(F)cc1. The molecule has 0 aliphatic carbocycles. The zero-order valence-corrected chi connectivity index (χ0v) is 7.20. The minimum absolute atomic E-state index is 0.189. The lowest BCUT2D eigenvalue weighted by Crippen LogP contribution is -1.85.